The fraction of sp³-hybridized carbons (Fsp3) is 0.118. The average Bonchev–Trinajstić information content (AvgIpc) is 3.16. The summed E-state index contributed by atoms with van der Waals surface area (Å²) in [6, 6.07) is 10.4. The largest absolute Gasteiger partial charge is 0.481 e. The summed E-state index contributed by atoms with van der Waals surface area (Å²) in [5.74, 6) is 0.803. The summed E-state index contributed by atoms with van der Waals surface area (Å²) in [6.07, 6.45) is 0.594. The monoisotopic (exact) mass is 389 g/mol. The number of carbonyl (C=O) groups excluding carboxylic acids is 1. The second kappa shape index (κ2) is 7.46. The van der Waals surface area contributed by atoms with Crippen LogP contribution in [0.1, 0.15) is 10.6 Å². The van der Waals surface area contributed by atoms with E-state index in [-0.39, 0.29) is 28.4 Å². The van der Waals surface area contributed by atoms with Crippen LogP contribution in [-0.4, -0.2) is 38.9 Å². The van der Waals surface area contributed by atoms with E-state index in [0.717, 1.165) is 0 Å². The van der Waals surface area contributed by atoms with Gasteiger partial charge in [-0.15, -0.1) is 0 Å². The number of methoxy groups -OCH3 is 2. The quantitative estimate of drug-likeness (QED) is 0.611. The van der Waals surface area contributed by atoms with Gasteiger partial charge in [-0.2, -0.15) is 9.97 Å². The molecule has 2 aromatic heterocycles. The number of sulfonamides is 1. The summed E-state index contributed by atoms with van der Waals surface area (Å²) < 4.78 is 42.7. The van der Waals surface area contributed by atoms with Crippen LogP contribution in [0.5, 0.6) is 11.9 Å². The van der Waals surface area contributed by atoms with E-state index < -0.39 is 10.0 Å². The zero-order chi connectivity index (χ0) is 19.4. The number of carbonyl (C=O) groups is 1. The highest BCUT2D eigenvalue weighted by Crippen LogP contribution is 2.25. The summed E-state index contributed by atoms with van der Waals surface area (Å²) in [6.45, 7) is 0. The summed E-state index contributed by atoms with van der Waals surface area (Å²) in [5, 5.41) is 0. The molecule has 3 rings (SSSR count). The summed E-state index contributed by atoms with van der Waals surface area (Å²) in [5.41, 5.74) is 0.632. The molecule has 0 saturated heterocycles. The van der Waals surface area contributed by atoms with Crippen LogP contribution < -0.4 is 14.2 Å². The molecule has 0 unspecified atom stereocenters. The number of aromatic nitrogens is 2. The lowest BCUT2D eigenvalue weighted by Crippen LogP contribution is -2.14. The SMILES string of the molecule is COc1cc(NS(=O)(=O)c2ccc(-c3ccc(C=O)o3)cc2)nc(OC)n1. The van der Waals surface area contributed by atoms with Crippen molar-refractivity contribution < 1.29 is 27.1 Å². The van der Waals surface area contributed by atoms with Gasteiger partial charge in [0.25, 0.3) is 10.0 Å². The van der Waals surface area contributed by atoms with Gasteiger partial charge in [0.05, 0.1) is 19.1 Å². The van der Waals surface area contributed by atoms with Crippen molar-refractivity contribution in [2.24, 2.45) is 0 Å². The van der Waals surface area contributed by atoms with Crippen LogP contribution in [-0.2, 0) is 10.0 Å². The van der Waals surface area contributed by atoms with Gasteiger partial charge in [-0.05, 0) is 36.4 Å². The first kappa shape index (κ1) is 18.4. The molecule has 1 aromatic carbocycles. The van der Waals surface area contributed by atoms with Crippen molar-refractivity contribution in [1.82, 2.24) is 9.97 Å². The van der Waals surface area contributed by atoms with Crippen LogP contribution in [0.25, 0.3) is 11.3 Å². The van der Waals surface area contributed by atoms with Gasteiger partial charge in [-0.3, -0.25) is 9.52 Å². The number of benzene rings is 1. The van der Waals surface area contributed by atoms with Crippen LogP contribution in [0, 0.1) is 0 Å². The van der Waals surface area contributed by atoms with E-state index in [1.807, 2.05) is 0 Å². The van der Waals surface area contributed by atoms with Gasteiger partial charge in [0.15, 0.2) is 17.9 Å². The Morgan fingerprint density at radius 3 is 2.37 bits per heavy atom. The molecule has 0 fully saturated rings. The molecule has 1 N–H and O–H groups in total. The van der Waals surface area contributed by atoms with Crippen LogP contribution in [0.2, 0.25) is 0 Å². The first-order chi connectivity index (χ1) is 12.9. The Balaban J connectivity index is 1.85. The maximum Gasteiger partial charge on any atom is 0.321 e. The molecule has 0 saturated carbocycles. The topological polar surface area (TPSA) is 121 Å². The maximum atomic E-state index is 12.6. The highest BCUT2D eigenvalue weighted by Gasteiger charge is 2.17. The first-order valence-electron chi connectivity index (χ1n) is 7.60. The summed E-state index contributed by atoms with van der Waals surface area (Å²) in [7, 11) is -1.15. The van der Waals surface area contributed by atoms with E-state index in [9.17, 15) is 13.2 Å². The number of rotatable bonds is 7. The van der Waals surface area contributed by atoms with Crippen LogP contribution in [0.15, 0.2) is 51.8 Å². The highest BCUT2D eigenvalue weighted by atomic mass is 32.2. The number of furan rings is 1. The zero-order valence-corrected chi connectivity index (χ0v) is 15.2. The Morgan fingerprint density at radius 1 is 1.04 bits per heavy atom. The molecule has 10 heteroatoms. The number of nitrogens with zero attached hydrogens (tertiary/aromatic N) is 2. The third kappa shape index (κ3) is 4.06. The van der Waals surface area contributed by atoms with Crippen LogP contribution in [0.3, 0.4) is 0 Å². The lowest BCUT2D eigenvalue weighted by Gasteiger charge is -2.10. The zero-order valence-electron chi connectivity index (χ0n) is 14.4. The fourth-order valence-corrected chi connectivity index (χ4v) is 3.21. The van der Waals surface area contributed by atoms with Gasteiger partial charge in [0.2, 0.25) is 5.88 Å². The van der Waals surface area contributed by atoms with Crippen molar-refractivity contribution in [3.8, 4) is 23.2 Å². The van der Waals surface area contributed by atoms with Gasteiger partial charge in [-0.25, -0.2) is 8.42 Å². The smallest absolute Gasteiger partial charge is 0.321 e. The second-order valence-electron chi connectivity index (χ2n) is 5.23. The van der Waals surface area contributed by atoms with E-state index in [0.29, 0.717) is 17.6 Å². The van der Waals surface area contributed by atoms with E-state index in [1.54, 1.807) is 18.2 Å². The first-order valence-corrected chi connectivity index (χ1v) is 9.09. The number of aldehydes is 1. The van der Waals surface area contributed by atoms with Gasteiger partial charge in [0.1, 0.15) is 5.76 Å². The Hall–Kier alpha value is -3.40. The maximum absolute atomic E-state index is 12.6. The lowest BCUT2D eigenvalue weighted by atomic mass is 10.2. The Kier molecular flexibility index (Phi) is 5.08. The normalized spacial score (nSPS) is 11.0. The van der Waals surface area contributed by atoms with Gasteiger partial charge < -0.3 is 13.9 Å². The second-order valence-corrected chi connectivity index (χ2v) is 6.91. The van der Waals surface area contributed by atoms with Gasteiger partial charge >= 0.3 is 6.01 Å². The predicted molar refractivity (Wildman–Crippen MR) is 95.5 cm³/mol. The third-order valence-electron chi connectivity index (χ3n) is 3.50. The van der Waals surface area contributed by atoms with Gasteiger partial charge in [-0.1, -0.05) is 0 Å². The third-order valence-corrected chi connectivity index (χ3v) is 4.88. The minimum absolute atomic E-state index is 0.00411. The highest BCUT2D eigenvalue weighted by molar-refractivity contribution is 7.92. The molecular weight excluding hydrogens is 374 g/mol. The molecule has 0 spiro atoms. The van der Waals surface area contributed by atoms with Gasteiger partial charge in [0, 0.05) is 11.6 Å². The molecular formula is C17H15N3O6S. The predicted octanol–water partition coefficient (Wildman–Crippen LogP) is 2.37. The molecule has 27 heavy (non-hydrogen) atoms. The van der Waals surface area contributed by atoms with E-state index >= 15 is 0 Å². The molecule has 3 aromatic rings. The van der Waals surface area contributed by atoms with Crippen LogP contribution >= 0.6 is 0 Å². The van der Waals surface area contributed by atoms with Crippen LogP contribution in [0.4, 0.5) is 5.82 Å². The minimum atomic E-state index is -3.90. The Labute approximate surface area is 155 Å². The number of hydrogen-bond donors (Lipinski definition) is 1. The van der Waals surface area contributed by atoms with Crippen molar-refractivity contribution in [2.75, 3.05) is 18.9 Å². The summed E-state index contributed by atoms with van der Waals surface area (Å²) >= 11 is 0. The molecule has 0 aliphatic heterocycles. The molecule has 0 aliphatic carbocycles. The number of anilines is 1. The molecule has 0 amide bonds. The van der Waals surface area contributed by atoms with E-state index in [4.69, 9.17) is 13.9 Å². The minimum Gasteiger partial charge on any atom is -0.481 e. The molecule has 0 atom stereocenters. The van der Waals surface area contributed by atoms with Crippen molar-refractivity contribution in [1.29, 1.82) is 0 Å². The molecule has 2 heterocycles. The van der Waals surface area contributed by atoms with Crippen molar-refractivity contribution in [3.63, 3.8) is 0 Å². The molecule has 9 nitrogen and oxygen atoms in total. The van der Waals surface area contributed by atoms with E-state index in [1.165, 1.54) is 38.5 Å². The Bertz CT molecular complexity index is 1040. The molecule has 0 bridgehead atoms. The Morgan fingerprint density at radius 2 is 1.78 bits per heavy atom. The average molecular weight is 389 g/mol. The summed E-state index contributed by atoms with van der Waals surface area (Å²) in [4.78, 5) is 18.5. The number of hydrogen-bond acceptors (Lipinski definition) is 8. The van der Waals surface area contributed by atoms with Crippen molar-refractivity contribution in [2.45, 2.75) is 4.90 Å². The molecule has 140 valence electrons. The fourth-order valence-electron chi connectivity index (χ4n) is 2.22. The number of nitrogens with one attached hydrogen (secondary N) is 1. The molecule has 0 aliphatic rings. The lowest BCUT2D eigenvalue weighted by molar-refractivity contribution is 0.110. The van der Waals surface area contributed by atoms with Crippen molar-refractivity contribution >= 4 is 22.1 Å². The van der Waals surface area contributed by atoms with E-state index in [2.05, 4.69) is 14.7 Å². The van der Waals surface area contributed by atoms with Crippen molar-refractivity contribution in [3.05, 3.63) is 48.2 Å². The standard InChI is InChI=1S/C17H15N3O6S/c1-24-16-9-15(18-17(19-16)25-2)20-27(22,23)13-6-3-11(4-7-13)14-8-5-12(10-21)26-14/h3-10H,1-2H3,(H,18,19,20). The molecule has 0 radical (unpaired) electrons. The number of ether oxygens (including phenoxy) is 2.